The molecule has 4 rings (SSSR count). The number of hydrogen-bond donors (Lipinski definition) is 1. The summed E-state index contributed by atoms with van der Waals surface area (Å²) in [7, 11) is 0. The second kappa shape index (κ2) is 6.12. The minimum Gasteiger partial charge on any atom is -0.298 e. The topological polar surface area (TPSA) is 85.6 Å². The van der Waals surface area contributed by atoms with Crippen LogP contribution in [-0.4, -0.2) is 31.1 Å². The zero-order valence-electron chi connectivity index (χ0n) is 13.1. The Hall–Kier alpha value is -2.61. The summed E-state index contributed by atoms with van der Waals surface area (Å²) >= 11 is 1.59. The molecular formula is C16H16N6OS. The van der Waals surface area contributed by atoms with Crippen LogP contribution in [0.2, 0.25) is 0 Å². The summed E-state index contributed by atoms with van der Waals surface area (Å²) < 4.78 is 1.54. The van der Waals surface area contributed by atoms with Crippen LogP contribution in [0.15, 0.2) is 30.6 Å². The second-order valence-corrected chi connectivity index (χ2v) is 7.08. The van der Waals surface area contributed by atoms with Gasteiger partial charge in [-0.15, -0.1) is 16.4 Å². The highest BCUT2D eigenvalue weighted by atomic mass is 32.1. The van der Waals surface area contributed by atoms with E-state index in [1.807, 2.05) is 0 Å². The van der Waals surface area contributed by atoms with Gasteiger partial charge in [-0.25, -0.2) is 9.67 Å². The Bertz CT molecular complexity index is 855. The van der Waals surface area contributed by atoms with Gasteiger partial charge < -0.3 is 0 Å². The van der Waals surface area contributed by atoms with Gasteiger partial charge in [-0.2, -0.15) is 0 Å². The van der Waals surface area contributed by atoms with E-state index in [9.17, 15) is 4.79 Å². The Balaban J connectivity index is 1.48. The lowest BCUT2D eigenvalue weighted by Crippen LogP contribution is -2.12. The maximum Gasteiger partial charge on any atom is 0.257 e. The Morgan fingerprint density at radius 2 is 2.17 bits per heavy atom. The SMILES string of the molecule is C[C@@H]1CCc2nc(NC(=O)c3ccc(-n4cnnn4)cc3)sc2C1. The van der Waals surface area contributed by atoms with Crippen LogP contribution in [0.1, 0.15) is 34.3 Å². The molecule has 1 aliphatic carbocycles. The van der Waals surface area contributed by atoms with Crippen molar-refractivity contribution in [2.45, 2.75) is 26.2 Å². The van der Waals surface area contributed by atoms with Crippen LogP contribution in [0.25, 0.3) is 5.69 Å². The molecule has 0 bridgehead atoms. The summed E-state index contributed by atoms with van der Waals surface area (Å²) in [4.78, 5) is 18.3. The third kappa shape index (κ3) is 2.92. The average Bonchev–Trinajstić information content (AvgIpc) is 3.23. The number of thiazole rings is 1. The van der Waals surface area contributed by atoms with E-state index in [0.717, 1.165) is 24.2 Å². The first kappa shape index (κ1) is 14.9. The number of tetrazole rings is 1. The molecule has 2 aromatic heterocycles. The van der Waals surface area contributed by atoms with Gasteiger partial charge in [0.1, 0.15) is 6.33 Å². The van der Waals surface area contributed by atoms with Crippen molar-refractivity contribution in [3.05, 3.63) is 46.7 Å². The molecule has 7 nitrogen and oxygen atoms in total. The summed E-state index contributed by atoms with van der Waals surface area (Å²) in [5.74, 6) is 0.540. The number of fused-ring (bicyclic) bond motifs is 1. The average molecular weight is 340 g/mol. The summed E-state index contributed by atoms with van der Waals surface area (Å²) in [6.07, 6.45) is 4.74. The molecule has 1 N–H and O–H groups in total. The maximum atomic E-state index is 12.4. The fourth-order valence-corrected chi connectivity index (χ4v) is 3.97. The standard InChI is InChI=1S/C16H16N6OS/c1-10-2-7-13-14(8-10)24-16(18-13)19-15(23)11-3-5-12(6-4-11)22-9-17-20-21-22/h3-6,9-10H,2,7-8H2,1H3,(H,18,19,23)/t10-/m1/s1. The molecule has 0 unspecified atom stereocenters. The predicted octanol–water partition coefficient (Wildman–Crippen LogP) is 2.50. The van der Waals surface area contributed by atoms with Crippen LogP contribution in [0.5, 0.6) is 0 Å². The van der Waals surface area contributed by atoms with Crippen LogP contribution in [-0.2, 0) is 12.8 Å². The van der Waals surface area contributed by atoms with E-state index in [0.29, 0.717) is 16.6 Å². The molecule has 1 aliphatic rings. The van der Waals surface area contributed by atoms with E-state index >= 15 is 0 Å². The lowest BCUT2D eigenvalue weighted by atomic mass is 9.93. The normalized spacial score (nSPS) is 16.6. The van der Waals surface area contributed by atoms with Crippen molar-refractivity contribution >= 4 is 22.4 Å². The number of aromatic nitrogens is 5. The summed E-state index contributed by atoms with van der Waals surface area (Å²) in [5.41, 5.74) is 2.52. The van der Waals surface area contributed by atoms with Gasteiger partial charge in [0.25, 0.3) is 5.91 Å². The van der Waals surface area contributed by atoms with Gasteiger partial charge in [0.15, 0.2) is 5.13 Å². The van der Waals surface area contributed by atoms with Crippen LogP contribution < -0.4 is 5.32 Å². The van der Waals surface area contributed by atoms with Gasteiger partial charge >= 0.3 is 0 Å². The van der Waals surface area contributed by atoms with Crippen LogP contribution in [0.3, 0.4) is 0 Å². The molecule has 1 aromatic carbocycles. The zero-order chi connectivity index (χ0) is 16.5. The van der Waals surface area contributed by atoms with Gasteiger partial charge in [-0.1, -0.05) is 6.92 Å². The number of aryl methyl sites for hydroxylation is 1. The predicted molar refractivity (Wildman–Crippen MR) is 90.4 cm³/mol. The molecule has 0 radical (unpaired) electrons. The van der Waals surface area contributed by atoms with Crippen molar-refractivity contribution in [1.29, 1.82) is 0 Å². The summed E-state index contributed by atoms with van der Waals surface area (Å²) in [6.45, 7) is 2.26. The molecule has 0 saturated carbocycles. The Kier molecular flexibility index (Phi) is 3.81. The monoisotopic (exact) mass is 340 g/mol. The Morgan fingerprint density at radius 3 is 2.92 bits per heavy atom. The van der Waals surface area contributed by atoms with Crippen molar-refractivity contribution in [2.24, 2.45) is 5.92 Å². The van der Waals surface area contributed by atoms with E-state index in [4.69, 9.17) is 0 Å². The first-order valence-electron chi connectivity index (χ1n) is 7.82. The van der Waals surface area contributed by atoms with Crippen LogP contribution in [0.4, 0.5) is 5.13 Å². The van der Waals surface area contributed by atoms with Gasteiger partial charge in [0, 0.05) is 10.4 Å². The summed E-state index contributed by atoms with van der Waals surface area (Å²) in [6, 6.07) is 7.11. The molecule has 0 aliphatic heterocycles. The highest BCUT2D eigenvalue weighted by Crippen LogP contribution is 2.32. The molecule has 3 aromatic rings. The molecule has 1 atom stereocenters. The number of amides is 1. The quantitative estimate of drug-likeness (QED) is 0.792. The highest BCUT2D eigenvalue weighted by Gasteiger charge is 2.20. The Labute approximate surface area is 142 Å². The van der Waals surface area contributed by atoms with Crippen LogP contribution >= 0.6 is 11.3 Å². The third-order valence-corrected chi connectivity index (χ3v) is 5.18. The fourth-order valence-electron chi connectivity index (χ4n) is 2.81. The van der Waals surface area contributed by atoms with E-state index in [2.05, 4.69) is 32.7 Å². The molecule has 0 saturated heterocycles. The number of benzene rings is 1. The van der Waals surface area contributed by atoms with Crippen molar-refractivity contribution in [3.8, 4) is 5.69 Å². The van der Waals surface area contributed by atoms with Gasteiger partial charge in [0.2, 0.25) is 0 Å². The molecular weight excluding hydrogens is 324 g/mol. The third-order valence-electron chi connectivity index (χ3n) is 4.15. The Morgan fingerprint density at radius 1 is 1.33 bits per heavy atom. The number of anilines is 1. The molecule has 1 amide bonds. The smallest absolute Gasteiger partial charge is 0.257 e. The van der Waals surface area contributed by atoms with Gasteiger partial charge in [-0.3, -0.25) is 10.1 Å². The van der Waals surface area contributed by atoms with E-state index < -0.39 is 0 Å². The molecule has 0 fully saturated rings. The minimum absolute atomic E-state index is 0.155. The lowest BCUT2D eigenvalue weighted by molar-refractivity contribution is 0.102. The second-order valence-electron chi connectivity index (χ2n) is 5.99. The lowest BCUT2D eigenvalue weighted by Gasteiger charge is -2.15. The molecule has 8 heteroatoms. The van der Waals surface area contributed by atoms with Crippen LogP contribution in [0, 0.1) is 5.92 Å². The first-order chi connectivity index (χ1) is 11.7. The number of carbonyl (C=O) groups excluding carboxylic acids is 1. The number of nitrogens with zero attached hydrogens (tertiary/aromatic N) is 5. The molecule has 0 spiro atoms. The number of hydrogen-bond acceptors (Lipinski definition) is 6. The largest absolute Gasteiger partial charge is 0.298 e. The minimum atomic E-state index is -0.155. The number of rotatable bonds is 3. The van der Waals surface area contributed by atoms with Crippen molar-refractivity contribution in [3.63, 3.8) is 0 Å². The van der Waals surface area contributed by atoms with Crippen molar-refractivity contribution in [2.75, 3.05) is 5.32 Å². The van der Waals surface area contributed by atoms with E-state index in [1.165, 1.54) is 22.3 Å². The van der Waals surface area contributed by atoms with Gasteiger partial charge in [-0.05, 0) is 59.9 Å². The van der Waals surface area contributed by atoms with Crippen molar-refractivity contribution in [1.82, 2.24) is 25.2 Å². The van der Waals surface area contributed by atoms with Crippen molar-refractivity contribution < 1.29 is 4.79 Å². The number of nitrogens with one attached hydrogen (secondary N) is 1. The number of carbonyl (C=O) groups is 1. The van der Waals surface area contributed by atoms with E-state index in [1.54, 1.807) is 35.6 Å². The molecule has 2 heterocycles. The first-order valence-corrected chi connectivity index (χ1v) is 8.64. The highest BCUT2D eigenvalue weighted by molar-refractivity contribution is 7.15. The zero-order valence-corrected chi connectivity index (χ0v) is 14.0. The molecule has 122 valence electrons. The van der Waals surface area contributed by atoms with E-state index in [-0.39, 0.29) is 5.91 Å². The maximum absolute atomic E-state index is 12.4. The summed E-state index contributed by atoms with van der Waals surface area (Å²) in [5, 5.41) is 14.6. The molecule has 24 heavy (non-hydrogen) atoms. The van der Waals surface area contributed by atoms with Gasteiger partial charge in [0.05, 0.1) is 11.4 Å². The fraction of sp³-hybridized carbons (Fsp3) is 0.312.